The Morgan fingerprint density at radius 2 is 1.85 bits per heavy atom. The summed E-state index contributed by atoms with van der Waals surface area (Å²) in [5.74, 6) is -2.27. The minimum Gasteiger partial charge on any atom is -0.259 e. The van der Waals surface area contributed by atoms with Crippen LogP contribution in [0.4, 0.5) is 26.3 Å². The van der Waals surface area contributed by atoms with Crippen LogP contribution in [-0.4, -0.2) is 22.6 Å². The van der Waals surface area contributed by atoms with E-state index in [-0.39, 0.29) is 35.0 Å². The van der Waals surface area contributed by atoms with E-state index in [4.69, 9.17) is 0 Å². The van der Waals surface area contributed by atoms with Crippen molar-refractivity contribution in [1.29, 1.82) is 0 Å². The Hall–Kier alpha value is -1.84. The van der Waals surface area contributed by atoms with Gasteiger partial charge in [0.05, 0.1) is 10.8 Å². The molecule has 0 amide bonds. The molecule has 2 aliphatic rings. The van der Waals surface area contributed by atoms with Gasteiger partial charge >= 0.3 is 12.4 Å². The summed E-state index contributed by atoms with van der Waals surface area (Å²) < 4.78 is 78.3. The van der Waals surface area contributed by atoms with Gasteiger partial charge in [0, 0.05) is 22.9 Å². The van der Waals surface area contributed by atoms with Crippen LogP contribution in [0.25, 0.3) is 0 Å². The van der Waals surface area contributed by atoms with Crippen LogP contribution < -0.4 is 0 Å². The molecule has 0 saturated heterocycles. The molecule has 0 heterocycles. The molecule has 0 radical (unpaired) electrons. The van der Waals surface area contributed by atoms with Gasteiger partial charge in [-0.25, -0.2) is 0 Å². The highest BCUT2D eigenvalue weighted by molar-refractivity contribution is 9.09. The number of halogens is 7. The van der Waals surface area contributed by atoms with E-state index in [1.54, 1.807) is 0 Å². The van der Waals surface area contributed by atoms with Crippen molar-refractivity contribution in [1.82, 2.24) is 0 Å². The quantitative estimate of drug-likeness (QED) is 0.218. The Bertz CT molecular complexity index is 786. The largest absolute Gasteiger partial charge is 0.412 e. The normalized spacial score (nSPS) is 21.4. The first-order valence-electron chi connectivity index (χ1n) is 7.73. The van der Waals surface area contributed by atoms with Crippen molar-refractivity contribution >= 4 is 15.9 Å². The first kappa shape index (κ1) is 21.5. The molecule has 1 atom stereocenters. The van der Waals surface area contributed by atoms with Gasteiger partial charge in [-0.05, 0) is 41.7 Å². The highest BCUT2D eigenvalue weighted by Crippen LogP contribution is 2.44. The molecule has 10 heteroatoms. The fourth-order valence-electron chi connectivity index (χ4n) is 2.93. The van der Waals surface area contributed by atoms with Crippen LogP contribution in [0.15, 0.2) is 58.4 Å². The highest BCUT2D eigenvalue weighted by atomic mass is 79.9. The minimum absolute atomic E-state index is 0.00606. The number of nitrogens with zero attached hydrogens (tertiary/aromatic N) is 1. The van der Waals surface area contributed by atoms with Gasteiger partial charge in [0.1, 0.15) is 0 Å². The number of allylic oxidation sites excluding steroid dienone is 9. The van der Waals surface area contributed by atoms with E-state index in [2.05, 4.69) is 22.5 Å². The van der Waals surface area contributed by atoms with Crippen LogP contribution in [0, 0.1) is 16.0 Å². The van der Waals surface area contributed by atoms with E-state index in [0.717, 1.165) is 6.08 Å². The molecule has 27 heavy (non-hydrogen) atoms. The van der Waals surface area contributed by atoms with Gasteiger partial charge < -0.3 is 0 Å². The lowest BCUT2D eigenvalue weighted by atomic mass is 9.82. The van der Waals surface area contributed by atoms with Gasteiger partial charge in [0.15, 0.2) is 0 Å². The SMILES string of the molecule is C=C(C1=CC(C(F)(F)F)CC(C(F)(F)F)=C1)C1=CC(CBr)=C([N+](=O)[O-])CC1. The predicted octanol–water partition coefficient (Wildman–Crippen LogP) is 6.19. The summed E-state index contributed by atoms with van der Waals surface area (Å²) in [4.78, 5) is 10.5. The van der Waals surface area contributed by atoms with Gasteiger partial charge in [0.25, 0.3) is 5.70 Å². The van der Waals surface area contributed by atoms with Gasteiger partial charge in [-0.15, -0.1) is 0 Å². The van der Waals surface area contributed by atoms with Crippen LogP contribution in [0.1, 0.15) is 19.3 Å². The molecular weight excluding hydrogens is 444 g/mol. The molecule has 0 bridgehead atoms. The standard InChI is InChI=1S/C17H14BrF6NO2/c1-9(10-2-3-15(25(26)27)12(4-10)8-18)11-5-13(16(19,20)21)7-14(6-11)17(22,23)24/h4-6,13H,1-3,7-8H2. The molecule has 0 spiro atoms. The fourth-order valence-corrected chi connectivity index (χ4v) is 3.42. The summed E-state index contributed by atoms with van der Waals surface area (Å²) in [5, 5.41) is 11.1. The smallest absolute Gasteiger partial charge is 0.259 e. The molecule has 1 unspecified atom stereocenters. The maximum Gasteiger partial charge on any atom is 0.412 e. The molecule has 0 aromatic carbocycles. The molecule has 2 aliphatic carbocycles. The molecule has 0 aliphatic heterocycles. The van der Waals surface area contributed by atoms with E-state index in [9.17, 15) is 36.5 Å². The molecule has 0 aromatic heterocycles. The summed E-state index contributed by atoms with van der Waals surface area (Å²) in [6, 6.07) is 0. The van der Waals surface area contributed by atoms with Crippen LogP contribution in [0.5, 0.6) is 0 Å². The first-order valence-corrected chi connectivity index (χ1v) is 8.85. The maximum absolute atomic E-state index is 13.1. The van der Waals surface area contributed by atoms with Crippen molar-refractivity contribution in [2.24, 2.45) is 5.92 Å². The Kier molecular flexibility index (Phi) is 6.08. The van der Waals surface area contributed by atoms with Gasteiger partial charge in [-0.1, -0.05) is 28.6 Å². The summed E-state index contributed by atoms with van der Waals surface area (Å²) in [6.07, 6.45) is -7.95. The number of rotatable bonds is 4. The molecular formula is C17H14BrF6NO2. The van der Waals surface area contributed by atoms with Crippen LogP contribution in [0.2, 0.25) is 0 Å². The fraction of sp³-hybridized carbons (Fsp3) is 0.412. The monoisotopic (exact) mass is 457 g/mol. The van der Waals surface area contributed by atoms with Crippen molar-refractivity contribution in [2.75, 3.05) is 5.33 Å². The van der Waals surface area contributed by atoms with E-state index < -0.39 is 35.2 Å². The third-order valence-electron chi connectivity index (χ3n) is 4.39. The van der Waals surface area contributed by atoms with Gasteiger partial charge in [0.2, 0.25) is 0 Å². The lowest BCUT2D eigenvalue weighted by Crippen LogP contribution is -2.27. The molecule has 2 rings (SSSR count). The van der Waals surface area contributed by atoms with Crippen LogP contribution >= 0.6 is 15.9 Å². The molecule has 3 nitrogen and oxygen atoms in total. The first-order chi connectivity index (χ1) is 12.3. The number of alkyl halides is 7. The van der Waals surface area contributed by atoms with Crippen molar-refractivity contribution in [3.8, 4) is 0 Å². The number of nitro groups is 1. The predicted molar refractivity (Wildman–Crippen MR) is 90.7 cm³/mol. The zero-order chi connectivity index (χ0) is 20.6. The molecule has 0 fully saturated rings. The van der Waals surface area contributed by atoms with Crippen molar-refractivity contribution < 1.29 is 31.3 Å². The molecule has 0 N–H and O–H groups in total. The average Bonchev–Trinajstić information content (AvgIpc) is 2.58. The Labute approximate surface area is 159 Å². The average molecular weight is 458 g/mol. The van der Waals surface area contributed by atoms with Crippen molar-refractivity contribution in [3.05, 3.63) is 68.5 Å². The highest BCUT2D eigenvalue weighted by Gasteiger charge is 2.45. The topological polar surface area (TPSA) is 43.1 Å². The second kappa shape index (κ2) is 7.65. The second-order valence-corrected chi connectivity index (χ2v) is 6.71. The zero-order valence-corrected chi connectivity index (χ0v) is 15.3. The van der Waals surface area contributed by atoms with Crippen LogP contribution in [-0.2, 0) is 0 Å². The van der Waals surface area contributed by atoms with E-state index in [1.807, 2.05) is 0 Å². The number of hydrogen-bond acceptors (Lipinski definition) is 2. The number of hydrogen-bond donors (Lipinski definition) is 0. The van der Waals surface area contributed by atoms with E-state index >= 15 is 0 Å². The summed E-state index contributed by atoms with van der Waals surface area (Å²) in [7, 11) is 0. The second-order valence-electron chi connectivity index (χ2n) is 6.15. The molecule has 0 saturated carbocycles. The van der Waals surface area contributed by atoms with Crippen molar-refractivity contribution in [3.63, 3.8) is 0 Å². The maximum atomic E-state index is 13.1. The zero-order valence-electron chi connectivity index (χ0n) is 13.8. The third-order valence-corrected chi connectivity index (χ3v) is 4.99. The van der Waals surface area contributed by atoms with Gasteiger partial charge in [-0.2, -0.15) is 26.3 Å². The molecule has 148 valence electrons. The third kappa shape index (κ3) is 4.91. The Morgan fingerprint density at radius 1 is 1.22 bits per heavy atom. The van der Waals surface area contributed by atoms with Crippen LogP contribution in [0.3, 0.4) is 0 Å². The molecule has 0 aromatic rings. The lowest BCUT2D eigenvalue weighted by molar-refractivity contribution is -0.429. The Balaban J connectivity index is 2.45. The van der Waals surface area contributed by atoms with Gasteiger partial charge in [-0.3, -0.25) is 10.1 Å². The Morgan fingerprint density at radius 3 is 2.33 bits per heavy atom. The minimum atomic E-state index is -4.88. The van der Waals surface area contributed by atoms with Crippen molar-refractivity contribution in [2.45, 2.75) is 31.6 Å². The van der Waals surface area contributed by atoms with E-state index in [0.29, 0.717) is 17.2 Å². The summed E-state index contributed by atoms with van der Waals surface area (Å²) in [5.41, 5.74) is -0.886. The van der Waals surface area contributed by atoms with E-state index in [1.165, 1.54) is 6.08 Å². The summed E-state index contributed by atoms with van der Waals surface area (Å²) in [6.45, 7) is 3.65. The summed E-state index contributed by atoms with van der Waals surface area (Å²) >= 11 is 3.10. The lowest BCUT2D eigenvalue weighted by Gasteiger charge is -2.27.